The fourth-order valence-electron chi connectivity index (χ4n) is 1.81. The van der Waals surface area contributed by atoms with E-state index < -0.39 is 0 Å². The molecule has 0 radical (unpaired) electrons. The second-order valence-electron chi connectivity index (χ2n) is 6.26. The van der Waals surface area contributed by atoms with Crippen LogP contribution in [0.4, 0.5) is 0 Å². The second kappa shape index (κ2) is 11.3. The van der Waals surface area contributed by atoms with Crippen LogP contribution in [0.15, 0.2) is 0 Å². The molecule has 0 aliphatic rings. The van der Waals surface area contributed by atoms with Gasteiger partial charge in [-0.25, -0.2) is 0 Å². The quantitative estimate of drug-likeness (QED) is 0.134. The van der Waals surface area contributed by atoms with E-state index in [2.05, 4.69) is 4.89 Å². The minimum atomic E-state index is -0.364. The van der Waals surface area contributed by atoms with E-state index in [4.69, 9.17) is 24.2 Å². The van der Waals surface area contributed by atoms with Crippen molar-refractivity contribution in [3.05, 3.63) is 0 Å². The van der Waals surface area contributed by atoms with Crippen LogP contribution >= 0.6 is 0 Å². The Balaban J connectivity index is 3.92. The van der Waals surface area contributed by atoms with E-state index in [1.165, 1.54) is 0 Å². The molecule has 0 fully saturated rings. The van der Waals surface area contributed by atoms with Gasteiger partial charge >= 0.3 is 126 Å². The van der Waals surface area contributed by atoms with E-state index in [1.54, 1.807) is 0 Å². The molecular weight excluding hydrogens is 814 g/mol. The van der Waals surface area contributed by atoms with E-state index >= 15 is 0 Å². The number of aliphatic hydroxyl groups is 1. The Labute approximate surface area is 127 Å². The van der Waals surface area contributed by atoms with Gasteiger partial charge < -0.3 is 0 Å². The van der Waals surface area contributed by atoms with Crippen molar-refractivity contribution in [3.63, 3.8) is 0 Å². The summed E-state index contributed by atoms with van der Waals surface area (Å²) in [5.41, 5.74) is -0.723. The van der Waals surface area contributed by atoms with Gasteiger partial charge in [-0.15, -0.1) is 0 Å². The Hall–Kier alpha value is -2.28. The molecule has 0 aromatic heterocycles. The Morgan fingerprint density at radius 3 is 1.61 bits per heavy atom. The van der Waals surface area contributed by atoms with E-state index in [1.807, 2.05) is 13.8 Å². The number of ether oxygens (including phenoxy) is 4. The summed E-state index contributed by atoms with van der Waals surface area (Å²) in [4.78, 5) is 4.27. The molecule has 0 aromatic carbocycles. The van der Waals surface area contributed by atoms with Crippen LogP contribution in [0.2, 0.25) is 0 Å². The average molecular weight is 842 g/mol. The molecule has 0 bridgehead atoms. The summed E-state index contributed by atoms with van der Waals surface area (Å²) in [5.74, 6) is 0. The molecule has 0 rings (SSSR count). The first-order valence-electron chi connectivity index (χ1n) is 7.72. The van der Waals surface area contributed by atoms with Gasteiger partial charge in [-0.2, -0.15) is 0 Å². The molecule has 7 nitrogen and oxygen atoms in total. The summed E-state index contributed by atoms with van der Waals surface area (Å²) in [7, 11) is 1.64. The van der Waals surface area contributed by atoms with Crippen molar-refractivity contribution in [3.8, 4) is 0 Å². The summed E-state index contributed by atoms with van der Waals surface area (Å²) in [6.07, 6.45) is 0. The van der Waals surface area contributed by atoms with Gasteiger partial charge in [0.1, 0.15) is 0 Å². The molecule has 0 amide bonds. The molecule has 0 saturated carbocycles. The summed E-state index contributed by atoms with van der Waals surface area (Å²) in [5, 5.41) is 18.1. The Morgan fingerprint density at radius 2 is 1.17 bits per heavy atom. The van der Waals surface area contributed by atoms with Gasteiger partial charge in [0.15, 0.2) is 0 Å². The van der Waals surface area contributed by atoms with Gasteiger partial charge in [-0.1, -0.05) is 0 Å². The van der Waals surface area contributed by atoms with Crippen LogP contribution in [0.5, 0.6) is 0 Å². The fraction of sp³-hybridized carbons (Fsp3) is 1.00. The summed E-state index contributed by atoms with van der Waals surface area (Å²) >= 11 is 0. The molecule has 0 heterocycles. The summed E-state index contributed by atoms with van der Waals surface area (Å²) in [6, 6.07) is 0. The summed E-state index contributed by atoms with van der Waals surface area (Å²) < 4.78 is 23.1. The molecule has 2 atom stereocenters. The zero-order valence-electron chi connectivity index (χ0n) is 14.4. The molecule has 0 aliphatic heterocycles. The third-order valence-corrected chi connectivity index (χ3v) is 5.87. The first kappa shape index (κ1) is 20.7. The molecule has 2 unspecified atom stereocenters. The zero-order valence-corrected chi connectivity index (χ0v) is 27.2. The molecule has 130 valence electrons. The van der Waals surface area contributed by atoms with Gasteiger partial charge in [-0.05, 0) is 0 Å². The molecule has 23 heavy (non-hydrogen) atoms. The van der Waals surface area contributed by atoms with Crippen LogP contribution in [0, 0.1) is 10.8 Å². The molecule has 2 N–H and O–H groups in total. The third kappa shape index (κ3) is 9.36. The SMILES string of the molecule is CC(CO)(CO[CH2][Rf])COCCOCC(C)(COO)CO[CH2][Rf]. The van der Waals surface area contributed by atoms with Crippen molar-refractivity contribution >= 4 is 0 Å². The second-order valence-corrected chi connectivity index (χ2v) is 9.96. The van der Waals surface area contributed by atoms with E-state index in [0.717, 1.165) is 14.2 Å². The standard InChI is InChI=1S/C14H28O7.2Rf/c1-13(7-15,8-17-3)10-19-5-6-20-11-14(2,9-18-4)12-21-16;;/h15-16H,3-12H2,1-2H3;;. The maximum atomic E-state index is 9.44. The predicted octanol–water partition coefficient (Wildman–Crippen LogP) is 0.561. The van der Waals surface area contributed by atoms with E-state index in [9.17, 15) is 5.11 Å². The molecule has 0 aromatic rings. The predicted molar refractivity (Wildman–Crippen MR) is 75.2 cm³/mol. The van der Waals surface area contributed by atoms with Crippen molar-refractivity contribution in [1.29, 1.82) is 0 Å². The van der Waals surface area contributed by atoms with Crippen LogP contribution < -0.4 is 0 Å². The zero-order chi connectivity index (χ0) is 17.6. The van der Waals surface area contributed by atoms with Crippen LogP contribution in [0.3, 0.4) is 0 Å². The van der Waals surface area contributed by atoms with Gasteiger partial charge in [-0.3, -0.25) is 0 Å². The van der Waals surface area contributed by atoms with Crippen molar-refractivity contribution in [2.75, 3.05) is 67.1 Å². The normalized spacial score (nSPS) is 17.0. The van der Waals surface area contributed by atoms with Crippen LogP contribution in [0.1, 0.15) is 13.8 Å². The van der Waals surface area contributed by atoms with E-state index in [-0.39, 0.29) is 24.0 Å². The molecule has 0 spiro atoms. The van der Waals surface area contributed by atoms with Gasteiger partial charge in [0.2, 0.25) is 0 Å². The first-order valence-corrected chi connectivity index (χ1v) is 16.8. The Morgan fingerprint density at radius 1 is 0.739 bits per heavy atom. The molecular formula is C14H28O7Rf2. The Kier molecular flexibility index (Phi) is 10.2. The fourth-order valence-corrected chi connectivity index (χ4v) is 3.11. The van der Waals surface area contributed by atoms with E-state index in [0.29, 0.717) is 39.6 Å². The molecule has 0 aliphatic carbocycles. The maximum absolute atomic E-state index is 9.44. The number of rotatable bonds is 16. The van der Waals surface area contributed by atoms with Gasteiger partial charge in [0.05, 0.1) is 0 Å². The van der Waals surface area contributed by atoms with Crippen LogP contribution in [-0.2, 0) is 23.8 Å². The minimum absolute atomic E-state index is 0.0363. The average Bonchev–Trinajstić information content (AvgIpc) is 2.54. The van der Waals surface area contributed by atoms with Gasteiger partial charge in [0.25, 0.3) is 0 Å². The van der Waals surface area contributed by atoms with Gasteiger partial charge in [0, 0.05) is 0 Å². The van der Waals surface area contributed by atoms with Crippen molar-refractivity contribution < 1.29 is 34.2 Å². The van der Waals surface area contributed by atoms with Crippen LogP contribution in [0.25, 0.3) is 0 Å². The van der Waals surface area contributed by atoms with Crippen LogP contribution in [-0.4, -0.2) is 77.4 Å². The number of hydrogen-bond donors (Lipinski definition) is 2. The number of aliphatic hydroxyl groups excluding tert-OH is 1. The topological polar surface area (TPSA) is 86.6 Å². The molecule has 9 heteroatoms. The van der Waals surface area contributed by atoms with Crippen molar-refractivity contribution in [1.82, 2.24) is 0 Å². The Bertz CT molecular complexity index is 286. The van der Waals surface area contributed by atoms with Crippen molar-refractivity contribution in [2.45, 2.75) is 13.8 Å². The molecule has 0 saturated heterocycles. The monoisotopic (exact) mass is 842 g/mol. The number of hydrogen-bond acceptors (Lipinski definition) is 7. The first-order chi connectivity index (χ1) is 10.9. The van der Waals surface area contributed by atoms with Crippen molar-refractivity contribution in [2.24, 2.45) is 10.8 Å². The summed E-state index contributed by atoms with van der Waals surface area (Å²) in [6.45, 7) is 6.88. The third-order valence-electron chi connectivity index (χ3n) is 3.26.